The van der Waals surface area contributed by atoms with E-state index in [1.165, 1.54) is 4.31 Å². The van der Waals surface area contributed by atoms with Crippen LogP contribution < -0.4 is 0 Å². The smallest absolute Gasteiger partial charge is 0.316 e. The fourth-order valence-electron chi connectivity index (χ4n) is 5.48. The molecule has 1 heterocycles. The summed E-state index contributed by atoms with van der Waals surface area (Å²) in [4.78, 5) is 12.7. The molecule has 2 atom stereocenters. The van der Waals surface area contributed by atoms with Crippen molar-refractivity contribution < 1.29 is 31.8 Å². The zero-order valence-electron chi connectivity index (χ0n) is 20.6. The number of ether oxygens (including phenoxy) is 1. The van der Waals surface area contributed by atoms with Crippen molar-refractivity contribution in [2.45, 2.75) is 68.4 Å². The van der Waals surface area contributed by atoms with E-state index in [-0.39, 0.29) is 30.5 Å². The minimum atomic E-state index is -3.84. The molecule has 36 heavy (non-hydrogen) atoms. The maximum atomic E-state index is 15.4. The number of carbonyl (C=O) groups excluding carboxylic acids is 1. The number of hydrogen-bond acceptors (Lipinski definition) is 5. The molecule has 1 aliphatic heterocycles. The Kier molecular flexibility index (Phi) is 6.87. The van der Waals surface area contributed by atoms with Crippen LogP contribution in [0.1, 0.15) is 61.5 Å². The van der Waals surface area contributed by atoms with Gasteiger partial charge in [-0.1, -0.05) is 36.9 Å². The first-order valence-corrected chi connectivity index (χ1v) is 13.4. The quantitative estimate of drug-likeness (QED) is 0.448. The topological polar surface area (TPSA) is 83.9 Å². The second-order valence-electron chi connectivity index (χ2n) is 10.1. The molecule has 2 fully saturated rings. The van der Waals surface area contributed by atoms with Crippen LogP contribution in [0.4, 0.5) is 8.78 Å². The Labute approximate surface area is 210 Å². The lowest BCUT2D eigenvalue weighted by molar-refractivity contribution is -0.163. The van der Waals surface area contributed by atoms with E-state index < -0.39 is 49.9 Å². The number of hydrogen-bond donors (Lipinski definition) is 1. The predicted octanol–water partition coefficient (Wildman–Crippen LogP) is 4.53. The van der Waals surface area contributed by atoms with E-state index in [9.17, 15) is 18.3 Å². The van der Waals surface area contributed by atoms with Gasteiger partial charge in [0.25, 0.3) is 0 Å². The van der Waals surface area contributed by atoms with Gasteiger partial charge in [0, 0.05) is 36.6 Å². The van der Waals surface area contributed by atoms with Gasteiger partial charge in [-0.25, -0.2) is 17.2 Å². The van der Waals surface area contributed by atoms with Crippen LogP contribution in [0, 0.1) is 11.6 Å². The van der Waals surface area contributed by atoms with Crippen molar-refractivity contribution in [3.63, 3.8) is 0 Å². The number of halogens is 2. The third-order valence-corrected chi connectivity index (χ3v) is 10.1. The van der Waals surface area contributed by atoms with Gasteiger partial charge < -0.3 is 9.84 Å². The lowest BCUT2D eigenvalue weighted by atomic mass is 9.54. The molecule has 0 spiro atoms. The molecule has 2 aliphatic rings. The molecule has 194 valence electrons. The molecule has 2 aromatic carbocycles. The number of rotatable bonds is 6. The fourth-order valence-corrected chi connectivity index (χ4v) is 7.67. The molecule has 1 saturated carbocycles. The van der Waals surface area contributed by atoms with Crippen molar-refractivity contribution in [1.82, 2.24) is 4.31 Å². The van der Waals surface area contributed by atoms with Crippen molar-refractivity contribution in [2.75, 3.05) is 7.11 Å². The molecular weight excluding hydrogens is 488 g/mol. The van der Waals surface area contributed by atoms with Gasteiger partial charge in [0.2, 0.25) is 10.0 Å². The number of sulfonamides is 1. The third-order valence-electron chi connectivity index (χ3n) is 7.73. The Morgan fingerprint density at radius 3 is 2.39 bits per heavy atom. The molecule has 9 heteroatoms. The summed E-state index contributed by atoms with van der Waals surface area (Å²) in [6.07, 6.45) is 0.640. The first-order chi connectivity index (χ1) is 16.9. The summed E-state index contributed by atoms with van der Waals surface area (Å²) in [6, 6.07) is 10.3. The fraction of sp³-hybridized carbons (Fsp3) is 0.444. The first kappa shape index (κ1) is 26.4. The van der Waals surface area contributed by atoms with Crippen molar-refractivity contribution in [3.05, 3.63) is 82.9 Å². The Morgan fingerprint density at radius 2 is 1.81 bits per heavy atom. The van der Waals surface area contributed by atoms with E-state index in [1.54, 1.807) is 44.2 Å². The lowest BCUT2D eigenvalue weighted by Gasteiger charge is -2.52. The Balaban J connectivity index is 1.67. The number of methoxy groups -OCH3 is 1. The minimum absolute atomic E-state index is 0.130. The Hall–Kier alpha value is -2.62. The van der Waals surface area contributed by atoms with Crippen LogP contribution in [0.5, 0.6) is 0 Å². The highest BCUT2D eigenvalue weighted by molar-refractivity contribution is 7.89. The summed E-state index contributed by atoms with van der Waals surface area (Å²) < 4.78 is 63.9. The van der Waals surface area contributed by atoms with E-state index in [1.807, 2.05) is 0 Å². The van der Waals surface area contributed by atoms with Gasteiger partial charge in [-0.15, -0.1) is 0 Å². The van der Waals surface area contributed by atoms with E-state index in [0.29, 0.717) is 24.0 Å². The molecule has 0 bridgehead atoms. The molecule has 1 aliphatic carbocycles. The standard InChI is InChI=1S/C27H31F2NO5S/c1-17(2)27(32)15-26(16-27,25(31)35-4)21-13-22(28)20(12-23(21)29)14-30-18(3)10-11-24(36(30,33)34)19-8-6-5-7-9-19/h5-9,12-13,18,24,32H,1,10-11,14-16H2,2-4H3/t18-,24+,26?,27?/m0/s1. The normalized spacial score (nSPS) is 29.8. The van der Waals surface area contributed by atoms with Crippen LogP contribution >= 0.6 is 0 Å². The minimum Gasteiger partial charge on any atom is -0.468 e. The summed E-state index contributed by atoms with van der Waals surface area (Å²) in [5.41, 5.74) is -2.23. The van der Waals surface area contributed by atoms with Gasteiger partial charge in [0.15, 0.2) is 0 Å². The number of carbonyl (C=O) groups is 1. The van der Waals surface area contributed by atoms with Crippen LogP contribution in [0.15, 0.2) is 54.6 Å². The van der Waals surface area contributed by atoms with E-state index in [0.717, 1.165) is 19.2 Å². The Morgan fingerprint density at radius 1 is 1.17 bits per heavy atom. The predicted molar refractivity (Wildman–Crippen MR) is 131 cm³/mol. The van der Waals surface area contributed by atoms with E-state index in [4.69, 9.17) is 4.74 Å². The van der Waals surface area contributed by atoms with Crippen molar-refractivity contribution >= 4 is 16.0 Å². The zero-order chi connectivity index (χ0) is 26.5. The molecule has 1 N–H and O–H groups in total. The van der Waals surface area contributed by atoms with Crippen LogP contribution in [0.2, 0.25) is 0 Å². The molecule has 1 saturated heterocycles. The van der Waals surface area contributed by atoms with Gasteiger partial charge >= 0.3 is 5.97 Å². The van der Waals surface area contributed by atoms with Crippen molar-refractivity contribution in [1.29, 1.82) is 0 Å². The highest BCUT2D eigenvalue weighted by Gasteiger charge is 2.61. The van der Waals surface area contributed by atoms with Gasteiger partial charge in [-0.05, 0) is 50.0 Å². The van der Waals surface area contributed by atoms with Crippen LogP contribution in [0.25, 0.3) is 0 Å². The second kappa shape index (κ2) is 9.36. The summed E-state index contributed by atoms with van der Waals surface area (Å²) in [5.74, 6) is -2.47. The van der Waals surface area contributed by atoms with Crippen molar-refractivity contribution in [2.24, 2.45) is 0 Å². The average molecular weight is 520 g/mol. The van der Waals surface area contributed by atoms with Gasteiger partial charge in [-0.3, -0.25) is 4.79 Å². The molecular formula is C27H31F2NO5S. The molecule has 0 amide bonds. The summed E-state index contributed by atoms with van der Waals surface area (Å²) in [7, 11) is -2.69. The second-order valence-corrected chi connectivity index (χ2v) is 12.1. The zero-order valence-corrected chi connectivity index (χ0v) is 21.4. The average Bonchev–Trinajstić information content (AvgIpc) is 2.81. The largest absolute Gasteiger partial charge is 0.468 e. The summed E-state index contributed by atoms with van der Waals surface area (Å²) in [5, 5.41) is 9.90. The Bertz CT molecular complexity index is 1290. The number of benzene rings is 2. The molecule has 0 aromatic heterocycles. The summed E-state index contributed by atoms with van der Waals surface area (Å²) >= 11 is 0. The van der Waals surface area contributed by atoms with Gasteiger partial charge in [0.1, 0.15) is 22.3 Å². The molecule has 2 aromatic rings. The maximum Gasteiger partial charge on any atom is 0.316 e. The summed E-state index contributed by atoms with van der Waals surface area (Å²) in [6.45, 7) is 6.74. The molecule has 4 rings (SSSR count). The number of nitrogens with zero attached hydrogens (tertiary/aromatic N) is 1. The molecule has 0 unspecified atom stereocenters. The highest BCUT2D eigenvalue weighted by Crippen LogP contribution is 2.54. The van der Waals surface area contributed by atoms with Gasteiger partial charge in [-0.2, -0.15) is 4.31 Å². The molecule has 6 nitrogen and oxygen atoms in total. The van der Waals surface area contributed by atoms with Gasteiger partial charge in [0.05, 0.1) is 12.7 Å². The van der Waals surface area contributed by atoms with Crippen LogP contribution in [-0.4, -0.2) is 42.6 Å². The van der Waals surface area contributed by atoms with Crippen LogP contribution in [0.3, 0.4) is 0 Å². The SMILES string of the molecule is C=C(C)C1(O)CC(C(=O)OC)(c2cc(F)c(CN3[C@@H](C)CC[C@H](c4ccccc4)S3(=O)=O)cc2F)C1. The monoisotopic (exact) mass is 519 g/mol. The van der Waals surface area contributed by atoms with E-state index in [2.05, 4.69) is 6.58 Å². The van der Waals surface area contributed by atoms with Crippen molar-refractivity contribution in [3.8, 4) is 0 Å². The van der Waals surface area contributed by atoms with Crippen LogP contribution in [-0.2, 0) is 31.5 Å². The first-order valence-electron chi connectivity index (χ1n) is 11.9. The maximum absolute atomic E-state index is 15.4. The van der Waals surface area contributed by atoms with E-state index >= 15 is 8.78 Å². The lowest BCUT2D eigenvalue weighted by Crippen LogP contribution is -2.60. The third kappa shape index (κ3) is 4.27. The number of aliphatic hydroxyl groups is 1. The highest BCUT2D eigenvalue weighted by atomic mass is 32.2. The molecule has 0 radical (unpaired) electrons. The number of esters is 1.